The van der Waals surface area contributed by atoms with Gasteiger partial charge in [-0.3, -0.25) is 0 Å². The number of carboxylic acid groups (broad SMARTS) is 1. The summed E-state index contributed by atoms with van der Waals surface area (Å²) in [6, 6.07) is 5.27. The SMILES string of the molecule is C[C@@]1(O)CC[C@H]2C(C(=O)O)=CO[C@H](O[C@H]3O[C@@H](COC(=O)c4ccc(O)cc4)[C@H](O)[C@@H](O)[C@@H]3O)[C@H]21. The first-order chi connectivity index (χ1) is 16.5. The zero-order chi connectivity index (χ0) is 25.5. The Bertz CT molecular complexity index is 973. The zero-order valence-electron chi connectivity index (χ0n) is 18.8. The molecule has 0 amide bonds. The number of fused-ring (bicyclic) bond motifs is 1. The number of hydrogen-bond acceptors (Lipinski definition) is 11. The molecule has 2 fully saturated rings. The second-order valence-electron chi connectivity index (χ2n) is 9.21. The van der Waals surface area contributed by atoms with Crippen molar-refractivity contribution in [2.45, 2.75) is 62.4 Å². The molecule has 1 aromatic carbocycles. The lowest BCUT2D eigenvalue weighted by Crippen LogP contribution is -2.61. The average molecular weight is 496 g/mol. The maximum atomic E-state index is 12.2. The van der Waals surface area contributed by atoms with Gasteiger partial charge >= 0.3 is 11.9 Å². The van der Waals surface area contributed by atoms with Gasteiger partial charge in [0.2, 0.25) is 6.29 Å². The van der Waals surface area contributed by atoms with Gasteiger partial charge in [-0.25, -0.2) is 9.59 Å². The number of aliphatic carboxylic acids is 1. The first-order valence-electron chi connectivity index (χ1n) is 11.1. The zero-order valence-corrected chi connectivity index (χ0v) is 18.8. The normalized spacial score (nSPS) is 38.7. The van der Waals surface area contributed by atoms with Crippen molar-refractivity contribution in [1.29, 1.82) is 0 Å². The highest BCUT2D eigenvalue weighted by Crippen LogP contribution is 2.49. The lowest BCUT2D eigenvalue weighted by molar-refractivity contribution is -0.346. The van der Waals surface area contributed by atoms with Gasteiger partial charge in [0, 0.05) is 5.92 Å². The number of phenolic OH excluding ortho intramolecular Hbond substituents is 1. The molecule has 0 unspecified atom stereocenters. The van der Waals surface area contributed by atoms with Crippen LogP contribution in [0.15, 0.2) is 36.1 Å². The maximum Gasteiger partial charge on any atom is 0.338 e. The molecule has 1 aliphatic carbocycles. The third kappa shape index (κ3) is 4.99. The minimum Gasteiger partial charge on any atom is -0.508 e. The number of phenols is 1. The second-order valence-corrected chi connectivity index (χ2v) is 9.21. The molecule has 1 saturated heterocycles. The number of aliphatic hydroxyl groups excluding tert-OH is 3. The summed E-state index contributed by atoms with van der Waals surface area (Å²) in [4.78, 5) is 23.8. The van der Waals surface area contributed by atoms with Crippen LogP contribution in [0.5, 0.6) is 5.75 Å². The number of hydrogen-bond donors (Lipinski definition) is 6. The Morgan fingerprint density at radius 2 is 1.77 bits per heavy atom. The number of aliphatic hydroxyl groups is 4. The van der Waals surface area contributed by atoms with Crippen LogP contribution in [0, 0.1) is 11.8 Å². The van der Waals surface area contributed by atoms with Gasteiger partial charge in [0.05, 0.1) is 28.9 Å². The molecule has 0 radical (unpaired) electrons. The van der Waals surface area contributed by atoms with E-state index in [-0.39, 0.29) is 16.9 Å². The van der Waals surface area contributed by atoms with E-state index in [1.54, 1.807) is 0 Å². The maximum absolute atomic E-state index is 12.2. The fourth-order valence-corrected chi connectivity index (χ4v) is 4.83. The summed E-state index contributed by atoms with van der Waals surface area (Å²) in [5.74, 6) is -3.36. The highest BCUT2D eigenvalue weighted by molar-refractivity contribution is 5.89. The van der Waals surface area contributed by atoms with Crippen LogP contribution in [-0.4, -0.2) is 91.8 Å². The van der Waals surface area contributed by atoms with Crippen LogP contribution in [0.3, 0.4) is 0 Å². The molecule has 6 N–H and O–H groups in total. The third-order valence-corrected chi connectivity index (χ3v) is 6.80. The Morgan fingerprint density at radius 3 is 2.43 bits per heavy atom. The molecule has 1 saturated carbocycles. The number of carboxylic acids is 1. The minimum absolute atomic E-state index is 0.00721. The van der Waals surface area contributed by atoms with E-state index in [0.717, 1.165) is 6.26 Å². The molecular weight excluding hydrogens is 468 g/mol. The van der Waals surface area contributed by atoms with Gasteiger partial charge in [-0.05, 0) is 44.0 Å². The van der Waals surface area contributed by atoms with Gasteiger partial charge in [0.15, 0.2) is 6.29 Å². The van der Waals surface area contributed by atoms with Crippen molar-refractivity contribution in [3.05, 3.63) is 41.7 Å². The quantitative estimate of drug-likeness (QED) is 0.276. The second kappa shape index (κ2) is 9.72. The first-order valence-corrected chi connectivity index (χ1v) is 11.1. The molecule has 192 valence electrons. The van der Waals surface area contributed by atoms with Gasteiger partial charge in [0.1, 0.15) is 36.8 Å². The standard InChI is InChI=1S/C23H28O12/c1-23(31)7-6-12-13(19(28)29)8-33-21(15(12)23)35-22-18(27)17(26)16(25)14(34-22)9-32-20(30)10-2-4-11(24)5-3-10/h2-5,8,12,14-18,21-22,24-27,31H,6-7,9H2,1H3,(H,28,29)/t12-,14-,15-,16-,17+,18-,21+,22+,23+/m0/s1. The molecule has 1 aromatic rings. The van der Waals surface area contributed by atoms with E-state index < -0.39 is 73.0 Å². The molecule has 3 aliphatic rings. The van der Waals surface area contributed by atoms with E-state index in [1.807, 2.05) is 0 Å². The number of esters is 1. The summed E-state index contributed by atoms with van der Waals surface area (Å²) in [7, 11) is 0. The van der Waals surface area contributed by atoms with Crippen LogP contribution < -0.4 is 0 Å². The molecule has 0 spiro atoms. The molecule has 0 bridgehead atoms. The molecule has 0 aromatic heterocycles. The van der Waals surface area contributed by atoms with E-state index >= 15 is 0 Å². The minimum atomic E-state index is -1.72. The van der Waals surface area contributed by atoms with Crippen LogP contribution in [0.1, 0.15) is 30.1 Å². The Kier molecular flexibility index (Phi) is 7.04. The number of carbonyl (C=O) groups excluding carboxylic acids is 1. The lowest BCUT2D eigenvalue weighted by Gasteiger charge is -2.44. The van der Waals surface area contributed by atoms with Crippen LogP contribution in [0.2, 0.25) is 0 Å². The fraction of sp³-hybridized carbons (Fsp3) is 0.565. The molecule has 2 aliphatic heterocycles. The largest absolute Gasteiger partial charge is 0.508 e. The van der Waals surface area contributed by atoms with Crippen molar-refractivity contribution in [1.82, 2.24) is 0 Å². The molecule has 9 atom stereocenters. The topological polar surface area (TPSA) is 192 Å². The average Bonchev–Trinajstić information content (AvgIpc) is 3.14. The lowest BCUT2D eigenvalue weighted by atomic mass is 9.81. The van der Waals surface area contributed by atoms with Crippen molar-refractivity contribution < 1.29 is 59.2 Å². The van der Waals surface area contributed by atoms with Crippen molar-refractivity contribution in [3.8, 4) is 5.75 Å². The summed E-state index contributed by atoms with van der Waals surface area (Å²) in [6.45, 7) is 1.04. The predicted molar refractivity (Wildman–Crippen MR) is 114 cm³/mol. The summed E-state index contributed by atoms with van der Waals surface area (Å²) in [5, 5.41) is 60.7. The summed E-state index contributed by atoms with van der Waals surface area (Å²) < 4.78 is 21.9. The number of rotatable bonds is 6. The van der Waals surface area contributed by atoms with Crippen molar-refractivity contribution >= 4 is 11.9 Å². The highest BCUT2D eigenvalue weighted by Gasteiger charge is 2.56. The highest BCUT2D eigenvalue weighted by atomic mass is 16.8. The molecule has 4 rings (SSSR count). The van der Waals surface area contributed by atoms with Crippen LogP contribution in [-0.2, 0) is 23.7 Å². The fourth-order valence-electron chi connectivity index (χ4n) is 4.83. The molecular formula is C23H28O12. The molecule has 12 heteroatoms. The van der Waals surface area contributed by atoms with E-state index in [2.05, 4.69) is 0 Å². The van der Waals surface area contributed by atoms with E-state index in [0.29, 0.717) is 12.8 Å². The number of benzene rings is 1. The van der Waals surface area contributed by atoms with Crippen LogP contribution in [0.25, 0.3) is 0 Å². The van der Waals surface area contributed by atoms with E-state index in [1.165, 1.54) is 31.2 Å². The summed E-state index contributed by atoms with van der Waals surface area (Å²) in [5.41, 5.74) is -1.21. The van der Waals surface area contributed by atoms with E-state index in [9.17, 15) is 40.2 Å². The molecule has 2 heterocycles. The predicted octanol–water partition coefficient (Wildman–Crippen LogP) is -0.525. The van der Waals surface area contributed by atoms with Crippen molar-refractivity contribution in [2.75, 3.05) is 6.61 Å². The monoisotopic (exact) mass is 496 g/mol. The Hall–Kier alpha value is -2.74. The van der Waals surface area contributed by atoms with Gasteiger partial charge in [-0.15, -0.1) is 0 Å². The number of aromatic hydroxyl groups is 1. The van der Waals surface area contributed by atoms with Gasteiger partial charge in [-0.2, -0.15) is 0 Å². The Morgan fingerprint density at radius 1 is 1.09 bits per heavy atom. The van der Waals surface area contributed by atoms with Crippen LogP contribution in [0.4, 0.5) is 0 Å². The van der Waals surface area contributed by atoms with Crippen molar-refractivity contribution in [2.24, 2.45) is 11.8 Å². The van der Waals surface area contributed by atoms with Gasteiger partial charge in [0.25, 0.3) is 0 Å². The van der Waals surface area contributed by atoms with E-state index in [4.69, 9.17) is 18.9 Å². The summed E-state index contributed by atoms with van der Waals surface area (Å²) >= 11 is 0. The van der Waals surface area contributed by atoms with Crippen molar-refractivity contribution in [3.63, 3.8) is 0 Å². The molecule has 35 heavy (non-hydrogen) atoms. The first kappa shape index (κ1) is 25.4. The molecule has 12 nitrogen and oxygen atoms in total. The third-order valence-electron chi connectivity index (χ3n) is 6.80. The van der Waals surface area contributed by atoms with Gasteiger partial charge in [-0.1, -0.05) is 0 Å². The summed E-state index contributed by atoms with van der Waals surface area (Å²) in [6.07, 6.45) is -7.40. The Balaban J connectivity index is 1.46. The smallest absolute Gasteiger partial charge is 0.338 e. The van der Waals surface area contributed by atoms with Crippen LogP contribution >= 0.6 is 0 Å². The van der Waals surface area contributed by atoms with Gasteiger partial charge < -0.3 is 49.6 Å². The number of carbonyl (C=O) groups is 2. The Labute approximate surface area is 199 Å². The number of ether oxygens (including phenoxy) is 4.